The first-order chi connectivity index (χ1) is 11.1. The summed E-state index contributed by atoms with van der Waals surface area (Å²) in [7, 11) is 0. The molecule has 0 aromatic heterocycles. The van der Waals surface area contributed by atoms with Crippen LogP contribution < -0.4 is 0 Å². The van der Waals surface area contributed by atoms with Gasteiger partial charge in [0, 0.05) is 28.8 Å². The van der Waals surface area contributed by atoms with E-state index in [1.54, 1.807) is 0 Å². The smallest absolute Gasteiger partial charge is 0.128 e. The maximum atomic E-state index is 10.8. The Morgan fingerprint density at radius 2 is 1.70 bits per heavy atom. The molecule has 0 saturated heterocycles. The van der Waals surface area contributed by atoms with Gasteiger partial charge < -0.3 is 5.11 Å². The maximum absolute atomic E-state index is 10.8. The van der Waals surface area contributed by atoms with Gasteiger partial charge in [-0.25, -0.2) is 0 Å². The summed E-state index contributed by atoms with van der Waals surface area (Å²) in [6, 6.07) is 16.7. The lowest BCUT2D eigenvalue weighted by Gasteiger charge is -2.27. The van der Waals surface area contributed by atoms with Crippen molar-refractivity contribution in [1.82, 2.24) is 0 Å². The average Bonchev–Trinajstić information content (AvgIpc) is 3.08. The van der Waals surface area contributed by atoms with Crippen molar-refractivity contribution in [2.75, 3.05) is 0 Å². The van der Waals surface area contributed by atoms with Crippen molar-refractivity contribution >= 4 is 6.21 Å². The molecule has 2 nitrogen and oxygen atoms in total. The fraction of sp³-hybridized carbons (Fsp3) is 0.381. The highest BCUT2D eigenvalue weighted by Crippen LogP contribution is 2.38. The Balaban J connectivity index is 1.93. The number of hydrogen-bond donors (Lipinski definition) is 1. The number of phenols is 1. The summed E-state index contributed by atoms with van der Waals surface area (Å²) in [4.78, 5) is 4.67. The van der Waals surface area contributed by atoms with E-state index < -0.39 is 0 Å². The zero-order valence-corrected chi connectivity index (χ0v) is 14.0. The van der Waals surface area contributed by atoms with Crippen LogP contribution in [0.3, 0.4) is 0 Å². The molecule has 1 saturated carbocycles. The topological polar surface area (TPSA) is 32.6 Å². The van der Waals surface area contributed by atoms with Gasteiger partial charge in [0.15, 0.2) is 0 Å². The molecule has 1 aliphatic carbocycles. The van der Waals surface area contributed by atoms with Crippen LogP contribution in [0.5, 0.6) is 5.75 Å². The highest BCUT2D eigenvalue weighted by molar-refractivity contribution is 5.84. The van der Waals surface area contributed by atoms with E-state index in [0.29, 0.717) is 11.8 Å². The van der Waals surface area contributed by atoms with Gasteiger partial charge in [-0.1, -0.05) is 69.2 Å². The van der Waals surface area contributed by atoms with Gasteiger partial charge in [0.2, 0.25) is 0 Å². The van der Waals surface area contributed by atoms with Crippen LogP contribution in [-0.2, 0) is 5.41 Å². The Kier molecular flexibility index (Phi) is 4.51. The van der Waals surface area contributed by atoms with Crippen LogP contribution in [0.2, 0.25) is 0 Å². The van der Waals surface area contributed by atoms with Gasteiger partial charge in [0.1, 0.15) is 5.75 Å². The predicted molar refractivity (Wildman–Crippen MR) is 96.5 cm³/mol. The molecule has 2 heteroatoms. The SMILES string of the molecule is CC(C)(c1ccccc1)c1cccc(C=NC2CCCC2)c1O. The number of benzene rings is 2. The number of aromatic hydroxyl groups is 1. The largest absolute Gasteiger partial charge is 0.507 e. The van der Waals surface area contributed by atoms with Gasteiger partial charge in [-0.3, -0.25) is 4.99 Å². The van der Waals surface area contributed by atoms with Crippen molar-refractivity contribution in [3.05, 3.63) is 65.2 Å². The molecule has 3 rings (SSSR count). The lowest BCUT2D eigenvalue weighted by molar-refractivity contribution is 0.452. The molecule has 0 unspecified atom stereocenters. The van der Waals surface area contributed by atoms with Crippen molar-refractivity contribution in [1.29, 1.82) is 0 Å². The van der Waals surface area contributed by atoms with E-state index in [1.807, 2.05) is 42.6 Å². The standard InChI is InChI=1S/C21H25NO/c1-21(2,17-10-4-3-5-11-17)19-14-8-9-16(20(19)23)15-22-18-12-6-7-13-18/h3-5,8-11,14-15,18,23H,6-7,12-13H2,1-2H3. The summed E-state index contributed by atoms with van der Waals surface area (Å²) < 4.78 is 0. The molecule has 23 heavy (non-hydrogen) atoms. The van der Waals surface area contributed by atoms with Crippen molar-refractivity contribution in [2.45, 2.75) is 51.0 Å². The summed E-state index contributed by atoms with van der Waals surface area (Å²) in [5.41, 5.74) is 2.71. The molecule has 0 spiro atoms. The molecule has 120 valence electrons. The molecule has 0 bridgehead atoms. The first-order valence-corrected chi connectivity index (χ1v) is 8.50. The second-order valence-corrected chi connectivity index (χ2v) is 6.95. The number of aliphatic imine (C=N–C) groups is 1. The van der Waals surface area contributed by atoms with Crippen molar-refractivity contribution in [3.8, 4) is 5.75 Å². The van der Waals surface area contributed by atoms with E-state index in [1.165, 1.54) is 31.2 Å². The Morgan fingerprint density at radius 3 is 2.39 bits per heavy atom. The predicted octanol–water partition coefficient (Wildman–Crippen LogP) is 5.08. The zero-order chi connectivity index (χ0) is 16.3. The first-order valence-electron chi connectivity index (χ1n) is 8.50. The van der Waals surface area contributed by atoms with Crippen LogP contribution in [0, 0.1) is 0 Å². The molecule has 2 aromatic rings. The van der Waals surface area contributed by atoms with E-state index in [2.05, 4.69) is 31.0 Å². The number of rotatable bonds is 4. The lowest BCUT2D eigenvalue weighted by Crippen LogP contribution is -2.19. The van der Waals surface area contributed by atoms with E-state index in [-0.39, 0.29) is 5.41 Å². The Morgan fingerprint density at radius 1 is 1.00 bits per heavy atom. The summed E-state index contributed by atoms with van der Waals surface area (Å²) in [6.07, 6.45) is 6.75. The van der Waals surface area contributed by atoms with Gasteiger partial charge in [0.05, 0.1) is 0 Å². The quantitative estimate of drug-likeness (QED) is 0.785. The van der Waals surface area contributed by atoms with Crippen molar-refractivity contribution < 1.29 is 5.11 Å². The monoisotopic (exact) mass is 307 g/mol. The summed E-state index contributed by atoms with van der Waals surface area (Å²) >= 11 is 0. The molecule has 1 N–H and O–H groups in total. The molecule has 0 radical (unpaired) electrons. The number of para-hydroxylation sites is 1. The zero-order valence-electron chi connectivity index (χ0n) is 14.0. The third-order valence-electron chi connectivity index (χ3n) is 4.99. The molecular formula is C21H25NO. The molecule has 1 fully saturated rings. The Hall–Kier alpha value is -2.09. The fourth-order valence-corrected chi connectivity index (χ4v) is 3.42. The van der Waals surface area contributed by atoms with Gasteiger partial charge in [0.25, 0.3) is 0 Å². The van der Waals surface area contributed by atoms with Crippen LogP contribution in [0.15, 0.2) is 53.5 Å². The van der Waals surface area contributed by atoms with Gasteiger partial charge in [-0.05, 0) is 24.5 Å². The summed E-state index contributed by atoms with van der Waals surface area (Å²) in [5.74, 6) is 0.350. The lowest BCUT2D eigenvalue weighted by atomic mass is 9.77. The minimum Gasteiger partial charge on any atom is -0.507 e. The van der Waals surface area contributed by atoms with Crippen LogP contribution in [0.1, 0.15) is 56.2 Å². The number of hydrogen-bond acceptors (Lipinski definition) is 2. The van der Waals surface area contributed by atoms with E-state index in [0.717, 1.165) is 11.1 Å². The molecular weight excluding hydrogens is 282 g/mol. The Bertz CT molecular complexity index is 682. The normalized spacial score (nSPS) is 16.3. The fourth-order valence-electron chi connectivity index (χ4n) is 3.42. The van der Waals surface area contributed by atoms with Gasteiger partial charge >= 0.3 is 0 Å². The van der Waals surface area contributed by atoms with Crippen LogP contribution in [0.25, 0.3) is 0 Å². The second-order valence-electron chi connectivity index (χ2n) is 6.95. The van der Waals surface area contributed by atoms with Crippen LogP contribution in [0.4, 0.5) is 0 Å². The average molecular weight is 307 g/mol. The van der Waals surface area contributed by atoms with Crippen molar-refractivity contribution in [2.24, 2.45) is 4.99 Å². The number of nitrogens with zero attached hydrogens (tertiary/aromatic N) is 1. The summed E-state index contributed by atoms with van der Waals surface area (Å²) in [5, 5.41) is 10.8. The van der Waals surface area contributed by atoms with Crippen molar-refractivity contribution in [3.63, 3.8) is 0 Å². The molecule has 0 heterocycles. The van der Waals surface area contributed by atoms with Gasteiger partial charge in [-0.2, -0.15) is 0 Å². The third-order valence-corrected chi connectivity index (χ3v) is 4.99. The molecule has 2 aromatic carbocycles. The minimum atomic E-state index is -0.247. The maximum Gasteiger partial charge on any atom is 0.128 e. The number of phenolic OH excluding ortho intramolecular Hbond substituents is 1. The third kappa shape index (κ3) is 3.31. The van der Waals surface area contributed by atoms with Gasteiger partial charge in [-0.15, -0.1) is 0 Å². The first kappa shape index (κ1) is 15.8. The highest BCUT2D eigenvalue weighted by Gasteiger charge is 2.26. The highest BCUT2D eigenvalue weighted by atomic mass is 16.3. The van der Waals surface area contributed by atoms with Crippen LogP contribution in [-0.4, -0.2) is 17.4 Å². The van der Waals surface area contributed by atoms with E-state index in [9.17, 15) is 5.11 Å². The molecule has 0 atom stereocenters. The van der Waals surface area contributed by atoms with Crippen LogP contribution >= 0.6 is 0 Å². The van der Waals surface area contributed by atoms with E-state index >= 15 is 0 Å². The van der Waals surface area contributed by atoms with E-state index in [4.69, 9.17) is 0 Å². The second kappa shape index (κ2) is 6.57. The summed E-state index contributed by atoms with van der Waals surface area (Å²) in [6.45, 7) is 4.30. The Labute approximate surface area is 138 Å². The molecule has 0 aliphatic heterocycles. The molecule has 0 amide bonds. The minimum absolute atomic E-state index is 0.247. The molecule has 1 aliphatic rings.